The van der Waals surface area contributed by atoms with Gasteiger partial charge in [0, 0.05) is 13.1 Å². The molecule has 5 nitrogen and oxygen atoms in total. The summed E-state index contributed by atoms with van der Waals surface area (Å²) in [6, 6.07) is 5.39. The Morgan fingerprint density at radius 1 is 1.45 bits per heavy atom. The van der Waals surface area contributed by atoms with E-state index < -0.39 is 29.0 Å². The van der Waals surface area contributed by atoms with Crippen LogP contribution in [0.5, 0.6) is 0 Å². The number of aliphatic carboxylic acids is 1. The van der Waals surface area contributed by atoms with Crippen molar-refractivity contribution in [2.45, 2.75) is 11.3 Å². The number of carboxylic acid groups (broad SMARTS) is 1. The standard InChI is InChI=1S/C12H13F2NO4S/c1-15(8-11(13)14)20(18,19)10-4-2-3-9(7-10)5-6-12(16)17/h2-7,11H,8H2,1H3,(H,16,17)/b6-5+. The molecule has 0 fully saturated rings. The molecule has 1 aromatic carbocycles. The lowest BCUT2D eigenvalue weighted by Crippen LogP contribution is -2.31. The zero-order valence-corrected chi connectivity index (χ0v) is 11.3. The normalized spacial score (nSPS) is 12.4. The van der Waals surface area contributed by atoms with Crippen molar-refractivity contribution < 1.29 is 27.1 Å². The molecular formula is C12H13F2NO4S. The molecule has 0 aliphatic heterocycles. The van der Waals surface area contributed by atoms with Crippen molar-refractivity contribution >= 4 is 22.1 Å². The molecule has 1 N–H and O–H groups in total. The van der Waals surface area contributed by atoms with Crippen LogP contribution in [0.2, 0.25) is 0 Å². The van der Waals surface area contributed by atoms with E-state index in [1.54, 1.807) is 0 Å². The topological polar surface area (TPSA) is 74.7 Å². The zero-order valence-electron chi connectivity index (χ0n) is 10.5. The van der Waals surface area contributed by atoms with Crippen LogP contribution in [0.4, 0.5) is 8.78 Å². The van der Waals surface area contributed by atoms with Gasteiger partial charge in [0.2, 0.25) is 10.0 Å². The fourth-order valence-corrected chi connectivity index (χ4v) is 2.62. The first-order chi connectivity index (χ1) is 9.23. The minimum atomic E-state index is -4.02. The van der Waals surface area contributed by atoms with Gasteiger partial charge in [-0.3, -0.25) is 0 Å². The molecule has 0 radical (unpaired) electrons. The predicted octanol–water partition coefficient (Wildman–Crippen LogP) is 1.67. The maximum Gasteiger partial charge on any atom is 0.328 e. The van der Waals surface area contributed by atoms with Crippen LogP contribution in [0.1, 0.15) is 5.56 Å². The number of carbonyl (C=O) groups is 1. The van der Waals surface area contributed by atoms with Crippen molar-refractivity contribution in [3.63, 3.8) is 0 Å². The van der Waals surface area contributed by atoms with Gasteiger partial charge in [0.15, 0.2) is 0 Å². The van der Waals surface area contributed by atoms with E-state index in [1.807, 2.05) is 0 Å². The molecule has 1 rings (SSSR count). The highest BCUT2D eigenvalue weighted by Crippen LogP contribution is 2.17. The molecule has 0 amide bonds. The largest absolute Gasteiger partial charge is 0.478 e. The molecule has 0 saturated carbocycles. The van der Waals surface area contributed by atoms with Crippen molar-refractivity contribution in [2.24, 2.45) is 0 Å². The van der Waals surface area contributed by atoms with E-state index >= 15 is 0 Å². The smallest absolute Gasteiger partial charge is 0.328 e. The summed E-state index contributed by atoms with van der Waals surface area (Å²) in [6.45, 7) is -0.905. The molecule has 0 saturated heterocycles. The molecule has 0 bridgehead atoms. The van der Waals surface area contributed by atoms with Crippen LogP contribution in [0.15, 0.2) is 35.2 Å². The van der Waals surface area contributed by atoms with Crippen molar-refractivity contribution in [1.29, 1.82) is 0 Å². The fourth-order valence-electron chi connectivity index (χ4n) is 1.42. The summed E-state index contributed by atoms with van der Waals surface area (Å²) in [6.07, 6.45) is -0.701. The number of sulfonamides is 1. The summed E-state index contributed by atoms with van der Waals surface area (Å²) in [5.74, 6) is -1.17. The Labute approximate surface area is 115 Å². The van der Waals surface area contributed by atoms with Gasteiger partial charge in [0.1, 0.15) is 0 Å². The molecular weight excluding hydrogens is 292 g/mol. The zero-order chi connectivity index (χ0) is 15.3. The molecule has 0 heterocycles. The lowest BCUT2D eigenvalue weighted by molar-refractivity contribution is -0.131. The number of benzene rings is 1. The number of hydrogen-bond acceptors (Lipinski definition) is 3. The summed E-state index contributed by atoms with van der Waals surface area (Å²) in [5.41, 5.74) is 0.346. The van der Waals surface area contributed by atoms with Crippen molar-refractivity contribution in [2.75, 3.05) is 13.6 Å². The number of nitrogens with zero attached hydrogens (tertiary/aromatic N) is 1. The van der Waals surface area contributed by atoms with Gasteiger partial charge in [-0.15, -0.1) is 0 Å². The van der Waals surface area contributed by atoms with Crippen LogP contribution >= 0.6 is 0 Å². The quantitative estimate of drug-likeness (QED) is 0.811. The van der Waals surface area contributed by atoms with Crippen LogP contribution < -0.4 is 0 Å². The molecule has 0 spiro atoms. The first kappa shape index (κ1) is 16.3. The number of hydrogen-bond donors (Lipinski definition) is 1. The summed E-state index contributed by atoms with van der Waals surface area (Å²) in [5, 5.41) is 8.49. The molecule has 0 aromatic heterocycles. The fraction of sp³-hybridized carbons (Fsp3) is 0.250. The Hall–Kier alpha value is -1.80. The van der Waals surface area contributed by atoms with Crippen LogP contribution in [0, 0.1) is 0 Å². The van der Waals surface area contributed by atoms with Gasteiger partial charge in [-0.25, -0.2) is 22.0 Å². The van der Waals surface area contributed by atoms with Crippen LogP contribution in [0.3, 0.4) is 0 Å². The second-order valence-electron chi connectivity index (χ2n) is 3.92. The maximum absolute atomic E-state index is 12.2. The predicted molar refractivity (Wildman–Crippen MR) is 68.9 cm³/mol. The minimum Gasteiger partial charge on any atom is -0.478 e. The first-order valence-electron chi connectivity index (χ1n) is 5.49. The van der Waals surface area contributed by atoms with E-state index in [0.29, 0.717) is 9.87 Å². The monoisotopic (exact) mass is 305 g/mol. The molecule has 110 valence electrons. The van der Waals surface area contributed by atoms with Crippen LogP contribution in [-0.2, 0) is 14.8 Å². The molecule has 20 heavy (non-hydrogen) atoms. The molecule has 0 unspecified atom stereocenters. The van der Waals surface area contributed by atoms with Gasteiger partial charge in [-0.1, -0.05) is 12.1 Å². The summed E-state index contributed by atoms with van der Waals surface area (Å²) in [7, 11) is -2.97. The third-order valence-electron chi connectivity index (χ3n) is 2.38. The summed E-state index contributed by atoms with van der Waals surface area (Å²) >= 11 is 0. The van der Waals surface area contributed by atoms with Crippen molar-refractivity contribution in [3.05, 3.63) is 35.9 Å². The average molecular weight is 305 g/mol. The van der Waals surface area contributed by atoms with E-state index in [4.69, 9.17) is 5.11 Å². The number of alkyl halides is 2. The highest BCUT2D eigenvalue weighted by atomic mass is 32.2. The molecule has 0 atom stereocenters. The Kier molecular flexibility index (Phi) is 5.34. The van der Waals surface area contributed by atoms with Gasteiger partial charge < -0.3 is 5.11 Å². The van der Waals surface area contributed by atoms with E-state index in [9.17, 15) is 22.0 Å². The van der Waals surface area contributed by atoms with Gasteiger partial charge in [0.05, 0.1) is 11.4 Å². The summed E-state index contributed by atoms with van der Waals surface area (Å²) in [4.78, 5) is 10.2. The Bertz CT molecular complexity index is 614. The van der Waals surface area contributed by atoms with Crippen LogP contribution in [0.25, 0.3) is 6.08 Å². The Morgan fingerprint density at radius 2 is 2.10 bits per heavy atom. The highest BCUT2D eigenvalue weighted by Gasteiger charge is 2.23. The second-order valence-corrected chi connectivity index (χ2v) is 5.97. The van der Waals surface area contributed by atoms with E-state index in [0.717, 1.165) is 13.1 Å². The maximum atomic E-state index is 12.2. The lowest BCUT2D eigenvalue weighted by atomic mass is 10.2. The van der Waals surface area contributed by atoms with Gasteiger partial charge >= 0.3 is 5.97 Å². The van der Waals surface area contributed by atoms with Gasteiger partial charge in [0.25, 0.3) is 6.43 Å². The van der Waals surface area contributed by atoms with Crippen molar-refractivity contribution in [1.82, 2.24) is 4.31 Å². The first-order valence-corrected chi connectivity index (χ1v) is 6.93. The molecule has 0 aliphatic rings. The van der Waals surface area contributed by atoms with E-state index in [1.165, 1.54) is 30.3 Å². The summed E-state index contributed by atoms with van der Waals surface area (Å²) < 4.78 is 49.0. The Balaban J connectivity index is 3.07. The minimum absolute atomic E-state index is 0.173. The van der Waals surface area contributed by atoms with Crippen molar-refractivity contribution in [3.8, 4) is 0 Å². The number of rotatable bonds is 6. The molecule has 8 heteroatoms. The molecule has 1 aromatic rings. The molecule has 0 aliphatic carbocycles. The Morgan fingerprint density at radius 3 is 2.65 bits per heavy atom. The second kappa shape index (κ2) is 6.58. The third-order valence-corrected chi connectivity index (χ3v) is 4.20. The van der Waals surface area contributed by atoms with E-state index in [2.05, 4.69) is 0 Å². The number of halogens is 2. The number of carboxylic acids is 1. The van der Waals surface area contributed by atoms with Gasteiger partial charge in [-0.05, 0) is 23.8 Å². The highest BCUT2D eigenvalue weighted by molar-refractivity contribution is 7.89. The van der Waals surface area contributed by atoms with Crippen LogP contribution in [-0.4, -0.2) is 43.8 Å². The average Bonchev–Trinajstić information content (AvgIpc) is 2.35. The lowest BCUT2D eigenvalue weighted by Gasteiger charge is -2.16. The van der Waals surface area contributed by atoms with Gasteiger partial charge in [-0.2, -0.15) is 4.31 Å². The third kappa shape index (κ3) is 4.39. The SMILES string of the molecule is CN(CC(F)F)S(=O)(=O)c1cccc(/C=C/C(=O)O)c1. The van der Waals surface area contributed by atoms with E-state index in [-0.39, 0.29) is 4.90 Å².